The van der Waals surface area contributed by atoms with Crippen molar-refractivity contribution in [2.45, 2.75) is 37.8 Å². The van der Waals surface area contributed by atoms with Gasteiger partial charge in [-0.05, 0) is 24.9 Å². The molecule has 0 aliphatic carbocycles. The molecule has 1 aromatic carbocycles. The van der Waals surface area contributed by atoms with Crippen LogP contribution in [0.25, 0.3) is 0 Å². The Kier molecular flexibility index (Phi) is 5.17. The van der Waals surface area contributed by atoms with E-state index in [0.717, 1.165) is 13.0 Å². The molecule has 18 heavy (non-hydrogen) atoms. The van der Waals surface area contributed by atoms with Gasteiger partial charge in [0.15, 0.2) is 0 Å². The Morgan fingerprint density at radius 3 is 2.67 bits per heavy atom. The minimum atomic E-state index is 0.237. The van der Waals surface area contributed by atoms with Crippen molar-refractivity contribution in [3.05, 3.63) is 35.9 Å². The SMILES string of the molecule is NCC(c1ccccc1)N1CCCCCC1CO. The van der Waals surface area contributed by atoms with Crippen LogP contribution in [0.15, 0.2) is 30.3 Å². The molecule has 1 saturated heterocycles. The number of benzene rings is 1. The number of hydrogen-bond acceptors (Lipinski definition) is 3. The van der Waals surface area contributed by atoms with Crippen molar-refractivity contribution in [3.8, 4) is 0 Å². The molecule has 1 heterocycles. The normalized spacial score (nSPS) is 23.6. The maximum absolute atomic E-state index is 9.60. The molecule has 1 aliphatic rings. The zero-order valence-corrected chi connectivity index (χ0v) is 11.0. The molecule has 1 aliphatic heterocycles. The van der Waals surface area contributed by atoms with E-state index in [1.807, 2.05) is 6.07 Å². The van der Waals surface area contributed by atoms with Crippen molar-refractivity contribution in [1.29, 1.82) is 0 Å². The Hall–Kier alpha value is -0.900. The number of aliphatic hydroxyl groups is 1. The Balaban J connectivity index is 2.19. The molecular formula is C15H24N2O. The Bertz CT molecular complexity index is 342. The van der Waals surface area contributed by atoms with Gasteiger partial charge >= 0.3 is 0 Å². The lowest BCUT2D eigenvalue weighted by Gasteiger charge is -2.36. The van der Waals surface area contributed by atoms with Gasteiger partial charge in [0.2, 0.25) is 0 Å². The van der Waals surface area contributed by atoms with Gasteiger partial charge in [-0.25, -0.2) is 0 Å². The van der Waals surface area contributed by atoms with E-state index in [1.54, 1.807) is 0 Å². The quantitative estimate of drug-likeness (QED) is 0.856. The summed E-state index contributed by atoms with van der Waals surface area (Å²) in [6, 6.07) is 10.9. The zero-order chi connectivity index (χ0) is 12.8. The van der Waals surface area contributed by atoms with Gasteiger partial charge in [-0.1, -0.05) is 43.2 Å². The van der Waals surface area contributed by atoms with E-state index in [4.69, 9.17) is 5.73 Å². The van der Waals surface area contributed by atoms with E-state index in [0.29, 0.717) is 6.54 Å². The Labute approximate surface area is 110 Å². The van der Waals surface area contributed by atoms with Crippen molar-refractivity contribution in [2.75, 3.05) is 19.7 Å². The lowest BCUT2D eigenvalue weighted by Crippen LogP contribution is -2.43. The molecule has 0 saturated carbocycles. The van der Waals surface area contributed by atoms with Gasteiger partial charge in [0.05, 0.1) is 6.61 Å². The van der Waals surface area contributed by atoms with Crippen molar-refractivity contribution < 1.29 is 5.11 Å². The largest absolute Gasteiger partial charge is 0.395 e. The van der Waals surface area contributed by atoms with Gasteiger partial charge in [0, 0.05) is 18.6 Å². The van der Waals surface area contributed by atoms with Crippen LogP contribution < -0.4 is 5.73 Å². The molecule has 2 unspecified atom stereocenters. The first-order valence-electron chi connectivity index (χ1n) is 6.98. The Morgan fingerprint density at radius 1 is 1.22 bits per heavy atom. The average molecular weight is 248 g/mol. The molecule has 3 heteroatoms. The first kappa shape index (κ1) is 13.5. The van der Waals surface area contributed by atoms with E-state index < -0.39 is 0 Å². The van der Waals surface area contributed by atoms with Crippen LogP contribution in [0.4, 0.5) is 0 Å². The minimum Gasteiger partial charge on any atom is -0.395 e. The fourth-order valence-electron chi connectivity index (χ4n) is 2.94. The zero-order valence-electron chi connectivity index (χ0n) is 11.0. The van der Waals surface area contributed by atoms with Crippen molar-refractivity contribution in [3.63, 3.8) is 0 Å². The summed E-state index contributed by atoms with van der Waals surface area (Å²) in [7, 11) is 0. The maximum Gasteiger partial charge on any atom is 0.0587 e. The molecule has 2 rings (SSSR count). The Morgan fingerprint density at radius 2 is 2.00 bits per heavy atom. The minimum absolute atomic E-state index is 0.237. The number of nitrogens with zero attached hydrogens (tertiary/aromatic N) is 1. The summed E-state index contributed by atoms with van der Waals surface area (Å²) >= 11 is 0. The van der Waals surface area contributed by atoms with Crippen LogP contribution in [0.1, 0.15) is 37.3 Å². The lowest BCUT2D eigenvalue weighted by molar-refractivity contribution is 0.0870. The predicted molar refractivity (Wildman–Crippen MR) is 74.3 cm³/mol. The van der Waals surface area contributed by atoms with E-state index in [9.17, 15) is 5.11 Å². The van der Waals surface area contributed by atoms with Crippen LogP contribution in [0.3, 0.4) is 0 Å². The summed E-state index contributed by atoms with van der Waals surface area (Å²) in [5, 5.41) is 9.60. The molecule has 0 radical (unpaired) electrons. The first-order chi connectivity index (χ1) is 8.86. The molecule has 100 valence electrons. The number of nitrogens with two attached hydrogens (primary N) is 1. The second kappa shape index (κ2) is 6.88. The molecule has 0 amide bonds. The van der Waals surface area contributed by atoms with Gasteiger partial charge < -0.3 is 10.8 Å². The third-order valence-electron chi connectivity index (χ3n) is 3.94. The van der Waals surface area contributed by atoms with Gasteiger partial charge in [-0.15, -0.1) is 0 Å². The van der Waals surface area contributed by atoms with Gasteiger partial charge in [-0.3, -0.25) is 4.90 Å². The number of hydrogen-bond donors (Lipinski definition) is 2. The molecule has 2 atom stereocenters. The molecule has 0 spiro atoms. The topological polar surface area (TPSA) is 49.5 Å². The first-order valence-corrected chi connectivity index (χ1v) is 6.98. The highest BCUT2D eigenvalue weighted by Gasteiger charge is 2.27. The lowest BCUT2D eigenvalue weighted by atomic mass is 10.0. The molecule has 3 N–H and O–H groups in total. The van der Waals surface area contributed by atoms with E-state index in [2.05, 4.69) is 29.2 Å². The highest BCUT2D eigenvalue weighted by molar-refractivity contribution is 5.19. The monoisotopic (exact) mass is 248 g/mol. The van der Waals surface area contributed by atoms with E-state index in [-0.39, 0.29) is 18.7 Å². The van der Waals surface area contributed by atoms with E-state index in [1.165, 1.54) is 24.8 Å². The van der Waals surface area contributed by atoms with Gasteiger partial charge in [-0.2, -0.15) is 0 Å². The van der Waals surface area contributed by atoms with Crippen LogP contribution in [-0.2, 0) is 0 Å². The number of aliphatic hydroxyl groups excluding tert-OH is 1. The number of rotatable bonds is 4. The van der Waals surface area contributed by atoms with Crippen molar-refractivity contribution >= 4 is 0 Å². The van der Waals surface area contributed by atoms with Crippen LogP contribution in [0.2, 0.25) is 0 Å². The smallest absolute Gasteiger partial charge is 0.0587 e. The summed E-state index contributed by atoms with van der Waals surface area (Å²) in [6.07, 6.45) is 4.77. The molecular weight excluding hydrogens is 224 g/mol. The third kappa shape index (κ3) is 3.10. The summed E-state index contributed by atoms with van der Waals surface area (Å²) in [5.41, 5.74) is 7.24. The van der Waals surface area contributed by atoms with Gasteiger partial charge in [0.25, 0.3) is 0 Å². The fraction of sp³-hybridized carbons (Fsp3) is 0.600. The van der Waals surface area contributed by atoms with Gasteiger partial charge in [0.1, 0.15) is 0 Å². The molecule has 0 bridgehead atoms. The summed E-state index contributed by atoms with van der Waals surface area (Å²) in [4.78, 5) is 2.41. The van der Waals surface area contributed by atoms with Crippen LogP contribution in [-0.4, -0.2) is 35.7 Å². The number of likely N-dealkylation sites (tertiary alicyclic amines) is 1. The molecule has 0 aromatic heterocycles. The van der Waals surface area contributed by atoms with Crippen LogP contribution in [0.5, 0.6) is 0 Å². The molecule has 1 fully saturated rings. The van der Waals surface area contributed by atoms with Crippen LogP contribution in [0, 0.1) is 0 Å². The molecule has 1 aromatic rings. The summed E-state index contributed by atoms with van der Waals surface area (Å²) < 4.78 is 0. The van der Waals surface area contributed by atoms with E-state index >= 15 is 0 Å². The fourth-order valence-corrected chi connectivity index (χ4v) is 2.94. The second-order valence-electron chi connectivity index (χ2n) is 5.09. The van der Waals surface area contributed by atoms with Crippen LogP contribution >= 0.6 is 0 Å². The standard InChI is InChI=1S/C15H24N2O/c16-11-15(13-7-3-1-4-8-13)17-10-6-2-5-9-14(17)12-18/h1,3-4,7-8,14-15,18H,2,5-6,9-12,16H2. The third-order valence-corrected chi connectivity index (χ3v) is 3.94. The molecule has 3 nitrogen and oxygen atoms in total. The highest BCUT2D eigenvalue weighted by Crippen LogP contribution is 2.27. The van der Waals surface area contributed by atoms with Crippen molar-refractivity contribution in [2.24, 2.45) is 5.73 Å². The highest BCUT2D eigenvalue weighted by atomic mass is 16.3. The average Bonchev–Trinajstić information content (AvgIpc) is 2.66. The maximum atomic E-state index is 9.60. The predicted octanol–water partition coefficient (Wildman–Crippen LogP) is 1.92. The summed E-state index contributed by atoms with van der Waals surface area (Å²) in [5.74, 6) is 0. The van der Waals surface area contributed by atoms with Crippen molar-refractivity contribution in [1.82, 2.24) is 4.90 Å². The summed E-state index contributed by atoms with van der Waals surface area (Å²) in [6.45, 7) is 1.89. The second-order valence-corrected chi connectivity index (χ2v) is 5.09.